The van der Waals surface area contributed by atoms with Crippen LogP contribution < -0.4 is 15.0 Å². The summed E-state index contributed by atoms with van der Waals surface area (Å²) in [5.41, 5.74) is 0.512. The summed E-state index contributed by atoms with van der Waals surface area (Å²) in [6.45, 7) is 1.37. The van der Waals surface area contributed by atoms with Crippen LogP contribution in [0.15, 0.2) is 35.4 Å². The summed E-state index contributed by atoms with van der Waals surface area (Å²) in [5.74, 6) is -2.59. The largest absolute Gasteiger partial charge is 0.496 e. The molecule has 0 saturated heterocycles. The normalized spacial score (nSPS) is 11.5. The third-order valence-corrected chi connectivity index (χ3v) is 4.86. The van der Waals surface area contributed by atoms with E-state index in [0.29, 0.717) is 22.8 Å². The third-order valence-electron chi connectivity index (χ3n) is 4.86. The van der Waals surface area contributed by atoms with Crippen LogP contribution in [0.1, 0.15) is 29.4 Å². The van der Waals surface area contributed by atoms with Gasteiger partial charge in [0, 0.05) is 36.8 Å². The van der Waals surface area contributed by atoms with Gasteiger partial charge in [0.2, 0.25) is 0 Å². The Bertz CT molecular complexity index is 1130. The van der Waals surface area contributed by atoms with Gasteiger partial charge in [0.15, 0.2) is 6.29 Å². The van der Waals surface area contributed by atoms with Crippen molar-refractivity contribution in [3.8, 4) is 22.6 Å². The third kappa shape index (κ3) is 3.46. The first-order valence-electron chi connectivity index (χ1n) is 8.86. The molecule has 3 aromatic rings. The van der Waals surface area contributed by atoms with E-state index in [-0.39, 0.29) is 28.0 Å². The first kappa shape index (κ1) is 20.4. The molecule has 2 aromatic heterocycles. The molecule has 0 aliphatic rings. The monoisotopic (exact) mass is 402 g/mol. The molecule has 0 unspecified atom stereocenters. The first-order chi connectivity index (χ1) is 13.8. The standard InChI is InChI=1S/C21H20F2N2O4/c1-5-21(22,23)19-8-13-14(9-24-19)20(27)25(2)10-15(13)12-6-17(28-3)16(11-26)18(7-12)29-4/h6-11H,5H2,1-4H3. The van der Waals surface area contributed by atoms with Crippen LogP contribution in [0.5, 0.6) is 11.5 Å². The van der Waals surface area contributed by atoms with Crippen molar-refractivity contribution in [1.82, 2.24) is 9.55 Å². The molecule has 152 valence electrons. The van der Waals surface area contributed by atoms with E-state index in [4.69, 9.17) is 9.47 Å². The van der Waals surface area contributed by atoms with E-state index < -0.39 is 18.0 Å². The topological polar surface area (TPSA) is 70.4 Å². The summed E-state index contributed by atoms with van der Waals surface area (Å²) < 4.78 is 40.4. The van der Waals surface area contributed by atoms with Crippen molar-refractivity contribution in [2.45, 2.75) is 19.3 Å². The number of aldehydes is 1. The molecule has 8 heteroatoms. The molecule has 0 saturated carbocycles. The minimum atomic E-state index is -3.12. The number of alkyl halides is 2. The summed E-state index contributed by atoms with van der Waals surface area (Å²) >= 11 is 0. The number of methoxy groups -OCH3 is 2. The Kier molecular flexibility index (Phi) is 5.37. The number of nitrogens with zero attached hydrogens (tertiary/aromatic N) is 2. The highest BCUT2D eigenvalue weighted by molar-refractivity contribution is 5.97. The summed E-state index contributed by atoms with van der Waals surface area (Å²) in [4.78, 5) is 27.8. The van der Waals surface area contributed by atoms with Crippen molar-refractivity contribution in [2.75, 3.05) is 14.2 Å². The molecule has 0 atom stereocenters. The predicted molar refractivity (Wildman–Crippen MR) is 105 cm³/mol. The Labute approximate surface area is 165 Å². The number of ether oxygens (including phenoxy) is 2. The molecule has 1 aromatic carbocycles. The lowest BCUT2D eigenvalue weighted by atomic mass is 9.98. The molecule has 0 fully saturated rings. The number of carbonyl (C=O) groups excluding carboxylic acids is 1. The van der Waals surface area contributed by atoms with Crippen molar-refractivity contribution >= 4 is 17.1 Å². The Morgan fingerprint density at radius 1 is 1.14 bits per heavy atom. The molecule has 0 aliphatic heterocycles. The molecule has 0 amide bonds. The zero-order valence-electron chi connectivity index (χ0n) is 16.5. The molecule has 2 heterocycles. The van der Waals surface area contributed by atoms with E-state index in [1.54, 1.807) is 25.4 Å². The average molecular weight is 402 g/mol. The maximum Gasteiger partial charge on any atom is 0.289 e. The molecule has 0 bridgehead atoms. The predicted octanol–water partition coefficient (Wildman–Crippen LogP) is 3.93. The highest BCUT2D eigenvalue weighted by atomic mass is 19.3. The first-order valence-corrected chi connectivity index (χ1v) is 8.86. The second-order valence-corrected chi connectivity index (χ2v) is 6.54. The summed E-state index contributed by atoms with van der Waals surface area (Å²) in [7, 11) is 4.39. The summed E-state index contributed by atoms with van der Waals surface area (Å²) in [5, 5.41) is 0.534. The van der Waals surface area contributed by atoms with Crippen LogP contribution in [-0.2, 0) is 13.0 Å². The molecular weight excluding hydrogens is 382 g/mol. The number of pyridine rings is 2. The summed E-state index contributed by atoms with van der Waals surface area (Å²) in [6.07, 6.45) is 2.92. The highest BCUT2D eigenvalue weighted by Crippen LogP contribution is 2.38. The Morgan fingerprint density at radius 2 is 1.76 bits per heavy atom. The Hall–Kier alpha value is -3.29. The van der Waals surface area contributed by atoms with E-state index >= 15 is 0 Å². The molecule has 0 N–H and O–H groups in total. The van der Waals surface area contributed by atoms with Gasteiger partial charge in [-0.3, -0.25) is 14.6 Å². The van der Waals surface area contributed by atoms with E-state index in [2.05, 4.69) is 4.98 Å². The molecule has 0 radical (unpaired) electrons. The minimum Gasteiger partial charge on any atom is -0.496 e. The zero-order chi connectivity index (χ0) is 21.3. The van der Waals surface area contributed by atoms with Crippen LogP contribution in [0.25, 0.3) is 21.9 Å². The lowest BCUT2D eigenvalue weighted by molar-refractivity contribution is -0.0126. The number of carbonyl (C=O) groups is 1. The number of hydrogen-bond donors (Lipinski definition) is 0. The fourth-order valence-corrected chi connectivity index (χ4v) is 3.18. The minimum absolute atomic E-state index is 0.207. The fourth-order valence-electron chi connectivity index (χ4n) is 3.18. The van der Waals surface area contributed by atoms with Gasteiger partial charge in [0.05, 0.1) is 25.2 Å². The van der Waals surface area contributed by atoms with E-state index in [0.717, 1.165) is 0 Å². The van der Waals surface area contributed by atoms with Gasteiger partial charge in [-0.1, -0.05) is 6.92 Å². The van der Waals surface area contributed by atoms with Gasteiger partial charge < -0.3 is 14.0 Å². The van der Waals surface area contributed by atoms with Crippen LogP contribution in [0.4, 0.5) is 8.78 Å². The van der Waals surface area contributed by atoms with Crippen molar-refractivity contribution in [3.05, 3.63) is 52.2 Å². The van der Waals surface area contributed by atoms with Crippen molar-refractivity contribution in [3.63, 3.8) is 0 Å². The van der Waals surface area contributed by atoms with Gasteiger partial charge in [-0.05, 0) is 23.8 Å². The van der Waals surface area contributed by atoms with Crippen LogP contribution >= 0.6 is 0 Å². The second-order valence-electron chi connectivity index (χ2n) is 6.54. The molecule has 0 spiro atoms. The van der Waals surface area contributed by atoms with Crippen LogP contribution in [-0.4, -0.2) is 30.1 Å². The number of aromatic nitrogens is 2. The van der Waals surface area contributed by atoms with E-state index in [9.17, 15) is 18.4 Å². The number of rotatable bonds is 6. The van der Waals surface area contributed by atoms with E-state index in [1.165, 1.54) is 38.0 Å². The van der Waals surface area contributed by atoms with Crippen molar-refractivity contribution in [1.29, 1.82) is 0 Å². The van der Waals surface area contributed by atoms with Gasteiger partial charge in [0.25, 0.3) is 11.5 Å². The zero-order valence-corrected chi connectivity index (χ0v) is 16.5. The van der Waals surface area contributed by atoms with Crippen molar-refractivity contribution in [2.24, 2.45) is 7.05 Å². The van der Waals surface area contributed by atoms with Gasteiger partial charge in [-0.2, -0.15) is 8.78 Å². The second kappa shape index (κ2) is 7.62. The number of benzene rings is 1. The maximum atomic E-state index is 14.2. The van der Waals surface area contributed by atoms with Gasteiger partial charge in [-0.15, -0.1) is 0 Å². The number of fused-ring (bicyclic) bond motifs is 1. The van der Waals surface area contributed by atoms with Crippen molar-refractivity contribution < 1.29 is 23.0 Å². The highest BCUT2D eigenvalue weighted by Gasteiger charge is 2.31. The van der Waals surface area contributed by atoms with E-state index in [1.807, 2.05) is 0 Å². The number of hydrogen-bond acceptors (Lipinski definition) is 5. The van der Waals surface area contributed by atoms with Gasteiger partial charge in [0.1, 0.15) is 17.2 Å². The molecule has 3 rings (SSSR count). The molecular formula is C21H20F2N2O4. The molecule has 6 nitrogen and oxygen atoms in total. The van der Waals surface area contributed by atoms with Crippen LogP contribution in [0.3, 0.4) is 0 Å². The molecule has 0 aliphatic carbocycles. The van der Waals surface area contributed by atoms with Gasteiger partial charge in [-0.25, -0.2) is 0 Å². The number of halogens is 2. The SMILES string of the molecule is CCC(F)(F)c1cc2c(-c3cc(OC)c(C=O)c(OC)c3)cn(C)c(=O)c2cn1. The summed E-state index contributed by atoms with van der Waals surface area (Å²) in [6, 6.07) is 4.44. The van der Waals surface area contributed by atoms with Crippen LogP contribution in [0.2, 0.25) is 0 Å². The molecule has 29 heavy (non-hydrogen) atoms. The fraction of sp³-hybridized carbons (Fsp3) is 0.286. The van der Waals surface area contributed by atoms with Crippen LogP contribution in [0, 0.1) is 0 Å². The maximum absolute atomic E-state index is 14.2. The smallest absolute Gasteiger partial charge is 0.289 e. The van der Waals surface area contributed by atoms with Gasteiger partial charge >= 0.3 is 0 Å². The Morgan fingerprint density at radius 3 is 2.28 bits per heavy atom. The lowest BCUT2D eigenvalue weighted by Crippen LogP contribution is -2.19. The number of aryl methyl sites for hydroxylation is 1. The quantitative estimate of drug-likeness (QED) is 0.585. The lowest BCUT2D eigenvalue weighted by Gasteiger charge is -2.17. The Balaban J connectivity index is 2.40. The average Bonchev–Trinajstić information content (AvgIpc) is 2.74.